The van der Waals surface area contributed by atoms with E-state index >= 15 is 4.39 Å². The fourth-order valence-corrected chi connectivity index (χ4v) is 5.88. The molecule has 16 heteroatoms. The fourth-order valence-electron chi connectivity index (χ4n) is 4.92. The molecule has 0 radical (unpaired) electrons. The first-order valence-corrected chi connectivity index (χ1v) is 16.7. The highest BCUT2D eigenvalue weighted by Crippen LogP contribution is 2.45. The molecule has 3 aromatic carbocycles. The lowest BCUT2D eigenvalue weighted by atomic mass is 9.81. The average Bonchev–Trinajstić information content (AvgIpc) is 3.85. The van der Waals surface area contributed by atoms with Gasteiger partial charge in [-0.2, -0.15) is 10.4 Å². The van der Waals surface area contributed by atoms with Crippen LogP contribution in [-0.2, 0) is 26.4 Å². The molecule has 0 spiro atoms. The smallest absolute Gasteiger partial charge is 0.424 e. The zero-order chi connectivity index (χ0) is 37.5. The Hall–Kier alpha value is -5.60. The Morgan fingerprint density at radius 3 is 2.37 bits per heavy atom. The number of carbonyl (C=O) groups excluding carboxylic acids is 2. The van der Waals surface area contributed by atoms with E-state index in [9.17, 15) is 14.0 Å². The first-order chi connectivity index (χ1) is 25.1. The number of ether oxygens (including phenoxy) is 3. The van der Waals surface area contributed by atoms with E-state index in [4.69, 9.17) is 34.7 Å². The summed E-state index contributed by atoms with van der Waals surface area (Å²) in [4.78, 5) is 34.3. The van der Waals surface area contributed by atoms with Crippen LogP contribution in [0.4, 0.5) is 13.6 Å². The Morgan fingerprint density at radius 2 is 1.75 bits per heavy atom. The van der Waals surface area contributed by atoms with Crippen LogP contribution in [0.1, 0.15) is 44.9 Å². The molecule has 3 N–H and O–H groups in total. The van der Waals surface area contributed by atoms with Gasteiger partial charge in [0.1, 0.15) is 29.3 Å². The topological polar surface area (TPSA) is 182 Å². The summed E-state index contributed by atoms with van der Waals surface area (Å²) in [5.41, 5.74) is 0.917. The lowest BCUT2D eigenvalue weighted by Crippen LogP contribution is -2.43. The minimum Gasteiger partial charge on any atom is -0.424 e. The Labute approximate surface area is 302 Å². The molecule has 0 amide bonds. The van der Waals surface area contributed by atoms with Crippen molar-refractivity contribution in [3.05, 3.63) is 124 Å². The second kappa shape index (κ2) is 19.1. The molecule has 0 unspecified atom stereocenters. The summed E-state index contributed by atoms with van der Waals surface area (Å²) in [5, 5.41) is 34.5. The van der Waals surface area contributed by atoms with E-state index in [0.29, 0.717) is 35.4 Å². The molecule has 0 saturated carbocycles. The van der Waals surface area contributed by atoms with Crippen LogP contribution in [0.5, 0.6) is 0 Å². The van der Waals surface area contributed by atoms with E-state index in [1.54, 1.807) is 60.8 Å². The molecule has 13 nitrogen and oxygen atoms in total. The summed E-state index contributed by atoms with van der Waals surface area (Å²) >= 11 is 1.23. The number of benzene rings is 3. The van der Waals surface area contributed by atoms with E-state index in [2.05, 4.69) is 21.5 Å². The van der Waals surface area contributed by atoms with Crippen molar-refractivity contribution in [2.75, 3.05) is 33.1 Å². The SMILES string of the molecule is Cc1ccc(C(=O)OCOC(=O)O[C@@](Cn2cncn2)(c2ccc(F)cc2F)[C@@H](C)c2nc(-c3ccc(C#N)cc3)cs2)cc1.OCCNCCO. The van der Waals surface area contributed by atoms with Crippen molar-refractivity contribution in [2.24, 2.45) is 0 Å². The third-order valence-corrected chi connectivity index (χ3v) is 8.68. The molecule has 2 heterocycles. The zero-order valence-electron chi connectivity index (χ0n) is 28.2. The fraction of sp³-hybridized carbons (Fsp3) is 0.278. The van der Waals surface area contributed by atoms with E-state index in [1.165, 1.54) is 34.7 Å². The van der Waals surface area contributed by atoms with Gasteiger partial charge in [0.05, 0.1) is 48.6 Å². The van der Waals surface area contributed by atoms with Crippen LogP contribution in [0.15, 0.2) is 84.8 Å². The first-order valence-electron chi connectivity index (χ1n) is 15.9. The lowest BCUT2D eigenvalue weighted by Gasteiger charge is -2.37. The quantitative estimate of drug-likeness (QED) is 0.0783. The van der Waals surface area contributed by atoms with Crippen molar-refractivity contribution < 1.29 is 42.8 Å². The molecule has 2 atom stereocenters. The second-order valence-electron chi connectivity index (χ2n) is 11.2. The maximum Gasteiger partial charge on any atom is 0.512 e. The van der Waals surface area contributed by atoms with Gasteiger partial charge in [0.2, 0.25) is 6.79 Å². The van der Waals surface area contributed by atoms with Gasteiger partial charge in [-0.25, -0.2) is 33.0 Å². The number of rotatable bonds is 14. The largest absolute Gasteiger partial charge is 0.512 e. The molecule has 2 aromatic heterocycles. The number of hydrogen-bond acceptors (Lipinski definition) is 13. The van der Waals surface area contributed by atoms with Crippen molar-refractivity contribution in [1.82, 2.24) is 25.1 Å². The number of esters is 1. The normalized spacial score (nSPS) is 12.4. The molecule has 0 saturated heterocycles. The highest BCUT2D eigenvalue weighted by atomic mass is 32.1. The monoisotopic (exact) mass is 734 g/mol. The number of thiazole rings is 1. The molecular formula is C36H36F2N6O7S. The maximum absolute atomic E-state index is 15.6. The van der Waals surface area contributed by atoms with Crippen LogP contribution >= 0.6 is 11.3 Å². The zero-order valence-corrected chi connectivity index (χ0v) is 29.1. The molecule has 0 aliphatic heterocycles. The van der Waals surface area contributed by atoms with E-state index in [-0.39, 0.29) is 30.9 Å². The summed E-state index contributed by atoms with van der Waals surface area (Å²) in [6.07, 6.45) is 1.32. The summed E-state index contributed by atoms with van der Waals surface area (Å²) < 4.78 is 47.1. The van der Waals surface area contributed by atoms with Crippen molar-refractivity contribution >= 4 is 23.5 Å². The molecule has 0 aliphatic carbocycles. The van der Waals surface area contributed by atoms with Crippen LogP contribution < -0.4 is 5.32 Å². The Bertz CT molecular complexity index is 1930. The third kappa shape index (κ3) is 10.5. The van der Waals surface area contributed by atoms with Crippen LogP contribution in [0.25, 0.3) is 11.3 Å². The van der Waals surface area contributed by atoms with Gasteiger partial charge in [0.25, 0.3) is 0 Å². The first kappa shape index (κ1) is 39.2. The number of aliphatic hydroxyl groups excluding tert-OH is 2. The molecular weight excluding hydrogens is 698 g/mol. The van der Waals surface area contributed by atoms with Gasteiger partial charge in [0, 0.05) is 35.7 Å². The Balaban J connectivity index is 0.000000785. The molecule has 5 rings (SSSR count). The third-order valence-electron chi connectivity index (χ3n) is 7.65. The number of halogens is 2. The molecule has 0 fully saturated rings. The molecule has 0 bridgehead atoms. The van der Waals surface area contributed by atoms with Crippen molar-refractivity contribution in [2.45, 2.75) is 31.9 Å². The van der Waals surface area contributed by atoms with Gasteiger partial charge in [-0.15, -0.1) is 11.3 Å². The number of nitrogens with zero attached hydrogens (tertiary/aromatic N) is 5. The number of aryl methyl sites for hydroxylation is 1. The molecule has 5 aromatic rings. The minimum absolute atomic E-state index is 0.139. The summed E-state index contributed by atoms with van der Waals surface area (Å²) in [7, 11) is 0. The van der Waals surface area contributed by atoms with Crippen molar-refractivity contribution in [3.63, 3.8) is 0 Å². The predicted molar refractivity (Wildman–Crippen MR) is 185 cm³/mol. The summed E-state index contributed by atoms with van der Waals surface area (Å²) in [6.45, 7) is 3.91. The van der Waals surface area contributed by atoms with E-state index in [1.807, 2.05) is 6.92 Å². The Kier molecular flexibility index (Phi) is 14.4. The van der Waals surface area contributed by atoms with Gasteiger partial charge >= 0.3 is 12.1 Å². The van der Waals surface area contributed by atoms with Crippen LogP contribution in [-0.4, -0.2) is 75.2 Å². The van der Waals surface area contributed by atoms with Gasteiger partial charge in [0.15, 0.2) is 5.60 Å². The predicted octanol–water partition coefficient (Wildman–Crippen LogP) is 5.09. The van der Waals surface area contributed by atoms with Crippen LogP contribution in [0.2, 0.25) is 0 Å². The summed E-state index contributed by atoms with van der Waals surface area (Å²) in [5.74, 6) is -3.40. The molecule has 0 aliphatic rings. The van der Waals surface area contributed by atoms with Gasteiger partial charge in [-0.3, -0.25) is 0 Å². The highest BCUT2D eigenvalue weighted by Gasteiger charge is 2.47. The minimum atomic E-state index is -1.90. The lowest BCUT2D eigenvalue weighted by molar-refractivity contribution is -0.0881. The van der Waals surface area contributed by atoms with Gasteiger partial charge in [-0.05, 0) is 43.3 Å². The van der Waals surface area contributed by atoms with E-state index < -0.39 is 42.1 Å². The maximum atomic E-state index is 15.6. The molecule has 272 valence electrons. The van der Waals surface area contributed by atoms with Crippen molar-refractivity contribution in [3.8, 4) is 17.3 Å². The number of carbonyl (C=O) groups is 2. The average molecular weight is 735 g/mol. The van der Waals surface area contributed by atoms with Gasteiger partial charge in [-0.1, -0.05) is 36.8 Å². The Morgan fingerprint density at radius 1 is 1.04 bits per heavy atom. The number of aromatic nitrogens is 4. The number of nitrogens with one attached hydrogen (secondary N) is 1. The number of hydrogen-bond donors (Lipinski definition) is 3. The number of aliphatic hydroxyl groups is 2. The number of nitriles is 1. The standard InChI is InChI=1S/C32H25F2N5O5S.C4H11NO2/c1-20-3-7-24(8-4-20)30(40)42-19-43-31(41)44-32(16-39-18-36-17-37-39,26-12-11-25(33)13-27(26)34)21(2)29-38-28(15-45-29)23-9-5-22(14-35)6-10-23;6-3-1-5-2-4-7/h3-13,15,17-18,21H,16,19H2,1-2H3;5-7H,1-4H2/t21-,32+;/m0./s1. The van der Waals surface area contributed by atoms with Crippen LogP contribution in [0.3, 0.4) is 0 Å². The molecule has 52 heavy (non-hydrogen) atoms. The summed E-state index contributed by atoms with van der Waals surface area (Å²) in [6, 6.07) is 18.4. The van der Waals surface area contributed by atoms with Crippen molar-refractivity contribution in [1.29, 1.82) is 5.26 Å². The van der Waals surface area contributed by atoms with Crippen LogP contribution in [0, 0.1) is 29.9 Å². The highest BCUT2D eigenvalue weighted by molar-refractivity contribution is 7.10. The van der Waals surface area contributed by atoms with E-state index in [0.717, 1.165) is 17.2 Å². The van der Waals surface area contributed by atoms with Gasteiger partial charge < -0.3 is 29.7 Å². The second-order valence-corrected chi connectivity index (χ2v) is 12.1.